The normalized spacial score (nSPS) is 37.1. The van der Waals surface area contributed by atoms with Gasteiger partial charge in [-0.05, 0) is 55.1 Å². The minimum Gasteiger partial charge on any atom is -0.321 e. The Bertz CT molecular complexity index is 852. The lowest BCUT2D eigenvalue weighted by Crippen LogP contribution is -2.67. The molecule has 0 N–H and O–H groups in total. The predicted molar refractivity (Wildman–Crippen MR) is 109 cm³/mol. The summed E-state index contributed by atoms with van der Waals surface area (Å²) in [5, 5.41) is 0. The van der Waals surface area contributed by atoms with Crippen LogP contribution in [0.15, 0.2) is 24.3 Å². The summed E-state index contributed by atoms with van der Waals surface area (Å²) in [5.74, 6) is -1.26. The van der Waals surface area contributed by atoms with E-state index < -0.39 is 12.1 Å². The van der Waals surface area contributed by atoms with Crippen LogP contribution in [-0.4, -0.2) is 46.7 Å². The number of halogens is 3. The van der Waals surface area contributed by atoms with Crippen LogP contribution in [0.4, 0.5) is 18.0 Å². The SMILES string of the molecule is CC1(C)[C@H]2Cc3ccccc3[C@]1(C)CCN2C(=O)N1[C@@H]2CC[C@H]1CC(C(F)(F)F)C2. The fraction of sp³-hybridized carbons (Fsp3) is 0.708. The number of benzene rings is 1. The van der Waals surface area contributed by atoms with Crippen LogP contribution in [0.1, 0.15) is 64.0 Å². The van der Waals surface area contributed by atoms with Gasteiger partial charge in [0, 0.05) is 30.1 Å². The van der Waals surface area contributed by atoms with Crippen molar-refractivity contribution in [3.8, 4) is 0 Å². The number of fused-ring (bicyclic) bond motifs is 6. The van der Waals surface area contributed by atoms with Crippen molar-refractivity contribution < 1.29 is 18.0 Å². The molecule has 1 aromatic carbocycles. The van der Waals surface area contributed by atoms with E-state index in [4.69, 9.17) is 0 Å². The lowest BCUT2D eigenvalue weighted by molar-refractivity contribution is -0.189. The molecule has 4 bridgehead atoms. The number of rotatable bonds is 0. The van der Waals surface area contributed by atoms with Crippen LogP contribution >= 0.6 is 0 Å². The van der Waals surface area contributed by atoms with Crippen LogP contribution < -0.4 is 0 Å². The summed E-state index contributed by atoms with van der Waals surface area (Å²) in [4.78, 5) is 17.6. The van der Waals surface area contributed by atoms with Gasteiger partial charge in [0.05, 0.1) is 5.92 Å². The summed E-state index contributed by atoms with van der Waals surface area (Å²) in [7, 11) is 0. The second-order valence-electron chi connectivity index (χ2n) is 10.7. The van der Waals surface area contributed by atoms with Crippen molar-refractivity contribution in [3.63, 3.8) is 0 Å². The van der Waals surface area contributed by atoms with Crippen molar-refractivity contribution in [2.75, 3.05) is 6.54 Å². The maximum absolute atomic E-state index is 13.7. The van der Waals surface area contributed by atoms with E-state index in [0.717, 1.165) is 12.8 Å². The Hall–Kier alpha value is -1.72. The Morgan fingerprint density at radius 3 is 2.33 bits per heavy atom. The first-order valence-corrected chi connectivity index (χ1v) is 11.3. The van der Waals surface area contributed by atoms with Gasteiger partial charge in [0.15, 0.2) is 0 Å². The van der Waals surface area contributed by atoms with Gasteiger partial charge in [-0.25, -0.2) is 4.79 Å². The minimum atomic E-state index is -4.15. The lowest BCUT2D eigenvalue weighted by Gasteiger charge is -2.61. The molecule has 5 rings (SSSR count). The van der Waals surface area contributed by atoms with Gasteiger partial charge in [0.25, 0.3) is 0 Å². The number of amides is 2. The highest BCUT2D eigenvalue weighted by Gasteiger charge is 2.59. The molecule has 3 aliphatic heterocycles. The van der Waals surface area contributed by atoms with E-state index in [1.54, 1.807) is 0 Å². The van der Waals surface area contributed by atoms with Gasteiger partial charge in [-0.3, -0.25) is 0 Å². The van der Waals surface area contributed by atoms with Gasteiger partial charge in [-0.15, -0.1) is 0 Å². The molecular weight excluding hydrogens is 389 g/mol. The quantitative estimate of drug-likeness (QED) is 0.542. The molecule has 1 unspecified atom stereocenters. The second-order valence-corrected chi connectivity index (χ2v) is 10.7. The summed E-state index contributed by atoms with van der Waals surface area (Å²) in [6, 6.07) is 8.06. The molecule has 1 aromatic rings. The number of alkyl halides is 3. The molecule has 0 spiro atoms. The molecular formula is C24H31F3N2O. The number of hydrogen-bond acceptors (Lipinski definition) is 1. The lowest BCUT2D eigenvalue weighted by atomic mass is 9.51. The van der Waals surface area contributed by atoms with E-state index in [0.29, 0.717) is 19.4 Å². The zero-order chi connectivity index (χ0) is 21.5. The third-order valence-corrected chi connectivity index (χ3v) is 9.17. The van der Waals surface area contributed by atoms with Crippen LogP contribution in [0.3, 0.4) is 0 Å². The van der Waals surface area contributed by atoms with E-state index in [-0.39, 0.29) is 47.8 Å². The second kappa shape index (κ2) is 6.39. The van der Waals surface area contributed by atoms with E-state index in [9.17, 15) is 18.0 Å². The maximum atomic E-state index is 13.7. The molecule has 1 aliphatic carbocycles. The van der Waals surface area contributed by atoms with Crippen LogP contribution in [0, 0.1) is 11.3 Å². The highest BCUT2D eigenvalue weighted by Crippen LogP contribution is 2.56. The number of likely N-dealkylation sites (tertiary alicyclic amines) is 1. The maximum Gasteiger partial charge on any atom is 0.391 e. The Labute approximate surface area is 176 Å². The van der Waals surface area contributed by atoms with Crippen molar-refractivity contribution in [2.45, 2.75) is 89.0 Å². The van der Waals surface area contributed by atoms with Gasteiger partial charge in [0.2, 0.25) is 0 Å². The molecule has 3 heterocycles. The monoisotopic (exact) mass is 420 g/mol. The van der Waals surface area contributed by atoms with E-state index >= 15 is 0 Å². The number of carbonyl (C=O) groups excluding carboxylic acids is 1. The Morgan fingerprint density at radius 1 is 1.07 bits per heavy atom. The van der Waals surface area contributed by atoms with E-state index in [1.807, 2.05) is 9.80 Å². The number of nitrogens with zero attached hydrogens (tertiary/aromatic N) is 2. The molecule has 164 valence electrons. The molecule has 3 nitrogen and oxygen atoms in total. The topological polar surface area (TPSA) is 23.6 Å². The molecule has 5 atom stereocenters. The molecule has 30 heavy (non-hydrogen) atoms. The molecule has 3 saturated heterocycles. The summed E-state index contributed by atoms with van der Waals surface area (Å²) < 4.78 is 40.0. The van der Waals surface area contributed by atoms with Gasteiger partial charge >= 0.3 is 12.2 Å². The van der Waals surface area contributed by atoms with Crippen molar-refractivity contribution in [3.05, 3.63) is 35.4 Å². The van der Waals surface area contributed by atoms with Crippen molar-refractivity contribution in [1.82, 2.24) is 9.80 Å². The van der Waals surface area contributed by atoms with Crippen molar-refractivity contribution >= 4 is 6.03 Å². The molecule has 3 fully saturated rings. The number of carbonyl (C=O) groups is 1. The Kier molecular flexibility index (Phi) is 4.31. The molecule has 0 saturated carbocycles. The molecule has 4 aliphatic rings. The summed E-state index contributed by atoms with van der Waals surface area (Å²) >= 11 is 0. The first-order valence-electron chi connectivity index (χ1n) is 11.3. The fourth-order valence-electron chi connectivity index (χ4n) is 7.01. The summed E-state index contributed by atoms with van der Waals surface area (Å²) in [6.07, 6.45) is -0.927. The van der Waals surface area contributed by atoms with E-state index in [2.05, 4.69) is 45.0 Å². The molecule has 2 amide bonds. The zero-order valence-corrected chi connectivity index (χ0v) is 18.0. The average molecular weight is 421 g/mol. The molecule has 0 radical (unpaired) electrons. The first kappa shape index (κ1) is 20.2. The molecule has 0 aromatic heterocycles. The van der Waals surface area contributed by atoms with Gasteiger partial charge < -0.3 is 9.80 Å². The van der Waals surface area contributed by atoms with Gasteiger partial charge in [0.1, 0.15) is 0 Å². The largest absolute Gasteiger partial charge is 0.391 e. The van der Waals surface area contributed by atoms with E-state index in [1.165, 1.54) is 11.1 Å². The van der Waals surface area contributed by atoms with Crippen LogP contribution in [-0.2, 0) is 11.8 Å². The summed E-state index contributed by atoms with van der Waals surface area (Å²) in [5.41, 5.74) is 2.59. The predicted octanol–water partition coefficient (Wildman–Crippen LogP) is 5.53. The average Bonchev–Trinajstić information content (AvgIpc) is 2.92. The zero-order valence-electron chi connectivity index (χ0n) is 18.0. The number of urea groups is 1. The van der Waals surface area contributed by atoms with Crippen LogP contribution in [0.25, 0.3) is 0 Å². The highest BCUT2D eigenvalue weighted by atomic mass is 19.4. The first-order chi connectivity index (χ1) is 14.0. The smallest absolute Gasteiger partial charge is 0.321 e. The van der Waals surface area contributed by atoms with Gasteiger partial charge in [-0.1, -0.05) is 45.0 Å². The third kappa shape index (κ3) is 2.67. The molecule has 6 heteroatoms. The third-order valence-electron chi connectivity index (χ3n) is 9.17. The minimum absolute atomic E-state index is 0.00838. The van der Waals surface area contributed by atoms with Crippen LogP contribution in [0.5, 0.6) is 0 Å². The fourth-order valence-corrected chi connectivity index (χ4v) is 7.01. The Morgan fingerprint density at radius 2 is 1.70 bits per heavy atom. The van der Waals surface area contributed by atoms with Crippen molar-refractivity contribution in [1.29, 1.82) is 0 Å². The number of hydrogen-bond donors (Lipinski definition) is 0. The van der Waals surface area contributed by atoms with Crippen LogP contribution in [0.2, 0.25) is 0 Å². The summed E-state index contributed by atoms with van der Waals surface area (Å²) in [6.45, 7) is 7.52. The van der Waals surface area contributed by atoms with Gasteiger partial charge in [-0.2, -0.15) is 13.2 Å². The highest BCUT2D eigenvalue weighted by molar-refractivity contribution is 5.77. The Balaban J connectivity index is 1.44. The standard InChI is InChI=1S/C24H31F3N2O/c1-22(2)20-12-15-6-4-5-7-19(15)23(22,3)10-11-28(20)21(30)29-17-8-9-18(29)14-16(13-17)24(25,26)27/h4-7,16-18,20H,8-14H2,1-3H3/t16?,17-,18+,20-,23+/m1/s1. The number of piperidine rings is 2. The van der Waals surface area contributed by atoms with Crippen molar-refractivity contribution in [2.24, 2.45) is 11.3 Å².